The number of benzene rings is 1. The molecule has 0 spiro atoms. The molecule has 1 aromatic rings. The lowest BCUT2D eigenvalue weighted by atomic mass is 10.0. The molecule has 4 heteroatoms. The maximum atomic E-state index is 12.4. The fourth-order valence-corrected chi connectivity index (χ4v) is 4.91. The van der Waals surface area contributed by atoms with Crippen LogP contribution in [0.5, 0.6) is 0 Å². The van der Waals surface area contributed by atoms with Crippen LogP contribution in [0.1, 0.15) is 45.4 Å². The lowest BCUT2D eigenvalue weighted by molar-refractivity contribution is -0.132. The van der Waals surface area contributed by atoms with Gasteiger partial charge in [-0.1, -0.05) is 18.2 Å². The molecule has 24 heavy (non-hydrogen) atoms. The molecule has 2 aliphatic heterocycles. The van der Waals surface area contributed by atoms with Crippen LogP contribution in [0.25, 0.3) is 0 Å². The van der Waals surface area contributed by atoms with Crippen molar-refractivity contribution in [2.75, 3.05) is 25.4 Å². The van der Waals surface area contributed by atoms with Crippen LogP contribution in [0.3, 0.4) is 0 Å². The highest BCUT2D eigenvalue weighted by atomic mass is 32.2. The van der Waals surface area contributed by atoms with Gasteiger partial charge in [0, 0.05) is 36.5 Å². The Labute approximate surface area is 150 Å². The Morgan fingerprint density at radius 2 is 1.88 bits per heavy atom. The van der Waals surface area contributed by atoms with E-state index < -0.39 is 0 Å². The van der Waals surface area contributed by atoms with Gasteiger partial charge in [-0.15, -0.1) is 11.8 Å². The molecule has 2 saturated heterocycles. The molecular weight excluding hydrogens is 316 g/mol. The molecule has 3 nitrogen and oxygen atoms in total. The van der Waals surface area contributed by atoms with Crippen molar-refractivity contribution >= 4 is 17.7 Å². The van der Waals surface area contributed by atoms with Gasteiger partial charge in [-0.05, 0) is 63.5 Å². The first-order chi connectivity index (χ1) is 11.7. The molecule has 2 aliphatic rings. The first kappa shape index (κ1) is 17.8. The van der Waals surface area contributed by atoms with E-state index in [2.05, 4.69) is 41.0 Å². The second-order valence-corrected chi connectivity index (χ2v) is 8.27. The molecule has 2 heterocycles. The number of carbonyl (C=O) groups is 1. The van der Waals surface area contributed by atoms with Gasteiger partial charge in [0.25, 0.3) is 0 Å². The van der Waals surface area contributed by atoms with Crippen LogP contribution in [0.2, 0.25) is 0 Å². The number of hydrogen-bond acceptors (Lipinski definition) is 3. The fourth-order valence-electron chi connectivity index (χ4n) is 4.03. The normalized spacial score (nSPS) is 22.9. The highest BCUT2D eigenvalue weighted by Gasteiger charge is 2.31. The van der Waals surface area contributed by atoms with Crippen molar-refractivity contribution in [3.63, 3.8) is 0 Å². The van der Waals surface area contributed by atoms with E-state index in [1.54, 1.807) is 0 Å². The predicted molar refractivity (Wildman–Crippen MR) is 101 cm³/mol. The number of hydrogen-bond donors (Lipinski definition) is 0. The largest absolute Gasteiger partial charge is 0.343 e. The predicted octanol–water partition coefficient (Wildman–Crippen LogP) is 4.03. The summed E-state index contributed by atoms with van der Waals surface area (Å²) in [6.45, 7) is 5.53. The van der Waals surface area contributed by atoms with Gasteiger partial charge < -0.3 is 4.90 Å². The van der Waals surface area contributed by atoms with E-state index in [9.17, 15) is 4.79 Å². The topological polar surface area (TPSA) is 23.6 Å². The number of likely N-dealkylation sites (tertiary alicyclic amines) is 2. The number of piperidine rings is 1. The van der Waals surface area contributed by atoms with Gasteiger partial charge in [0.05, 0.1) is 0 Å². The van der Waals surface area contributed by atoms with Crippen LogP contribution in [0.4, 0.5) is 0 Å². The van der Waals surface area contributed by atoms with Crippen LogP contribution in [0.15, 0.2) is 35.2 Å². The minimum Gasteiger partial charge on any atom is -0.343 e. The van der Waals surface area contributed by atoms with E-state index >= 15 is 0 Å². The molecule has 132 valence electrons. The van der Waals surface area contributed by atoms with Crippen molar-refractivity contribution in [3.8, 4) is 0 Å². The van der Waals surface area contributed by atoms with Crippen molar-refractivity contribution in [3.05, 3.63) is 30.3 Å². The van der Waals surface area contributed by atoms with Crippen molar-refractivity contribution in [2.24, 2.45) is 0 Å². The van der Waals surface area contributed by atoms with Gasteiger partial charge in [-0.3, -0.25) is 9.69 Å². The summed E-state index contributed by atoms with van der Waals surface area (Å²) < 4.78 is 0. The Morgan fingerprint density at radius 3 is 2.54 bits per heavy atom. The number of thioether (sulfide) groups is 1. The van der Waals surface area contributed by atoms with Gasteiger partial charge in [-0.2, -0.15) is 0 Å². The molecular formula is C20H30N2OS. The summed E-state index contributed by atoms with van der Waals surface area (Å²) in [5, 5.41) is 0. The summed E-state index contributed by atoms with van der Waals surface area (Å²) in [5.74, 6) is 1.38. The third-order valence-electron chi connectivity index (χ3n) is 5.44. The second-order valence-electron chi connectivity index (χ2n) is 7.11. The van der Waals surface area contributed by atoms with Crippen molar-refractivity contribution < 1.29 is 4.79 Å². The number of rotatable bonds is 6. The lowest BCUT2D eigenvalue weighted by Crippen LogP contribution is -2.47. The standard InChI is InChI=1S/C20H30N2OS/c1-17-7-5-13-22(17)18-11-14-21(15-12-18)20(23)10-6-16-24-19-8-3-2-4-9-19/h2-4,8-9,17-18H,5-7,10-16H2,1H3/t17-/m1/s1. The van der Waals surface area contributed by atoms with Crippen LogP contribution in [-0.2, 0) is 4.79 Å². The van der Waals surface area contributed by atoms with Gasteiger partial charge in [0.2, 0.25) is 5.91 Å². The molecule has 0 aliphatic carbocycles. The Bertz CT molecular complexity index is 514. The van der Waals surface area contributed by atoms with Crippen LogP contribution in [-0.4, -0.2) is 53.2 Å². The second kappa shape index (κ2) is 8.91. The maximum absolute atomic E-state index is 12.4. The van der Waals surface area contributed by atoms with E-state index in [0.29, 0.717) is 18.4 Å². The summed E-state index contributed by atoms with van der Waals surface area (Å²) in [6, 6.07) is 11.9. The quantitative estimate of drug-likeness (QED) is 0.574. The summed E-state index contributed by atoms with van der Waals surface area (Å²) in [7, 11) is 0. The van der Waals surface area contributed by atoms with E-state index in [-0.39, 0.29) is 0 Å². The summed E-state index contributed by atoms with van der Waals surface area (Å²) in [6.07, 6.45) is 6.69. The molecule has 2 fully saturated rings. The monoisotopic (exact) mass is 346 g/mol. The van der Waals surface area contributed by atoms with Gasteiger partial charge in [-0.25, -0.2) is 0 Å². The average Bonchev–Trinajstić information content (AvgIpc) is 3.05. The Kier molecular flexibility index (Phi) is 6.61. The Morgan fingerprint density at radius 1 is 1.12 bits per heavy atom. The SMILES string of the molecule is C[C@@H]1CCCN1C1CCN(C(=O)CCCSc2ccccc2)CC1. The van der Waals surface area contributed by atoms with Crippen LogP contribution >= 0.6 is 11.8 Å². The van der Waals surface area contributed by atoms with Crippen LogP contribution < -0.4 is 0 Å². The third-order valence-corrected chi connectivity index (χ3v) is 6.54. The third kappa shape index (κ3) is 4.76. The minimum absolute atomic E-state index is 0.358. The molecule has 1 amide bonds. The summed E-state index contributed by atoms with van der Waals surface area (Å²) >= 11 is 1.85. The Hall–Kier alpha value is -1.00. The summed E-state index contributed by atoms with van der Waals surface area (Å²) in [4.78, 5) is 18.5. The highest BCUT2D eigenvalue weighted by molar-refractivity contribution is 7.99. The number of amides is 1. The van der Waals surface area contributed by atoms with E-state index in [4.69, 9.17) is 0 Å². The van der Waals surface area contributed by atoms with Crippen molar-refractivity contribution in [2.45, 2.75) is 62.4 Å². The first-order valence-electron chi connectivity index (χ1n) is 9.45. The van der Waals surface area contributed by atoms with Gasteiger partial charge >= 0.3 is 0 Å². The molecule has 0 saturated carbocycles. The zero-order valence-electron chi connectivity index (χ0n) is 14.8. The van der Waals surface area contributed by atoms with Gasteiger partial charge in [0.1, 0.15) is 0 Å². The van der Waals surface area contributed by atoms with E-state index in [1.165, 1.54) is 24.3 Å². The lowest BCUT2D eigenvalue weighted by Gasteiger charge is -2.38. The zero-order valence-corrected chi connectivity index (χ0v) is 15.6. The van der Waals surface area contributed by atoms with Gasteiger partial charge in [0.15, 0.2) is 0 Å². The minimum atomic E-state index is 0.358. The average molecular weight is 347 g/mol. The van der Waals surface area contributed by atoms with Crippen molar-refractivity contribution in [1.82, 2.24) is 9.80 Å². The summed E-state index contributed by atoms with van der Waals surface area (Å²) in [5.41, 5.74) is 0. The van der Waals surface area contributed by atoms with E-state index in [0.717, 1.165) is 44.1 Å². The highest BCUT2D eigenvalue weighted by Crippen LogP contribution is 2.26. The fraction of sp³-hybridized carbons (Fsp3) is 0.650. The van der Waals surface area contributed by atoms with Crippen LogP contribution in [0, 0.1) is 0 Å². The van der Waals surface area contributed by atoms with E-state index in [1.807, 2.05) is 17.8 Å². The first-order valence-corrected chi connectivity index (χ1v) is 10.4. The molecule has 0 N–H and O–H groups in total. The molecule has 0 bridgehead atoms. The zero-order chi connectivity index (χ0) is 16.8. The number of carbonyl (C=O) groups excluding carboxylic acids is 1. The molecule has 0 radical (unpaired) electrons. The number of nitrogens with zero attached hydrogens (tertiary/aromatic N) is 2. The molecule has 3 rings (SSSR count). The maximum Gasteiger partial charge on any atom is 0.222 e. The molecule has 1 atom stereocenters. The molecule has 1 aromatic carbocycles. The smallest absolute Gasteiger partial charge is 0.222 e. The van der Waals surface area contributed by atoms with Crippen molar-refractivity contribution in [1.29, 1.82) is 0 Å². The molecule has 0 aromatic heterocycles. The Balaban J connectivity index is 1.33. The molecule has 0 unspecified atom stereocenters.